The average Bonchev–Trinajstić information content (AvgIpc) is 2.36. The standard InChI is InChI=1S/C7H8O3S.C5H9NO2/c1-6-2-4-7(5-3-6)11(8,9)10;1-2-5(7)8-4-3-6/h2-5H,1H3,(H,8,9,10);2H,1,3-4,6H2. The zero-order chi connectivity index (χ0) is 14.9. The van der Waals surface area contributed by atoms with Crippen LogP contribution in [0.15, 0.2) is 41.8 Å². The molecule has 3 N–H and O–H groups in total. The van der Waals surface area contributed by atoms with Crippen molar-refractivity contribution in [1.82, 2.24) is 0 Å². The predicted molar refractivity (Wildman–Crippen MR) is 71.2 cm³/mol. The van der Waals surface area contributed by atoms with E-state index in [2.05, 4.69) is 11.3 Å². The first-order valence-electron chi connectivity index (χ1n) is 5.34. The van der Waals surface area contributed by atoms with Gasteiger partial charge >= 0.3 is 5.97 Å². The minimum absolute atomic E-state index is 0.0666. The van der Waals surface area contributed by atoms with Crippen LogP contribution in [0.3, 0.4) is 0 Å². The second-order valence-electron chi connectivity index (χ2n) is 3.45. The molecule has 0 heterocycles. The average molecular weight is 287 g/mol. The molecule has 0 bridgehead atoms. The monoisotopic (exact) mass is 287 g/mol. The number of hydrogen-bond acceptors (Lipinski definition) is 5. The Labute approximate surface area is 112 Å². The molecule has 19 heavy (non-hydrogen) atoms. The van der Waals surface area contributed by atoms with Crippen LogP contribution in [0, 0.1) is 6.92 Å². The molecule has 0 amide bonds. The van der Waals surface area contributed by atoms with Crippen molar-refractivity contribution in [3.8, 4) is 0 Å². The van der Waals surface area contributed by atoms with Crippen molar-refractivity contribution < 1.29 is 22.5 Å². The van der Waals surface area contributed by atoms with Crippen molar-refractivity contribution in [2.75, 3.05) is 13.2 Å². The van der Waals surface area contributed by atoms with Gasteiger partial charge in [-0.15, -0.1) is 0 Å². The lowest BCUT2D eigenvalue weighted by molar-refractivity contribution is -0.137. The molecule has 0 aliphatic heterocycles. The zero-order valence-electron chi connectivity index (χ0n) is 10.6. The summed E-state index contributed by atoms with van der Waals surface area (Å²) in [6, 6.07) is 5.99. The minimum atomic E-state index is -4.02. The van der Waals surface area contributed by atoms with Crippen LogP contribution in [0.4, 0.5) is 0 Å². The molecule has 1 aromatic rings. The van der Waals surface area contributed by atoms with Crippen LogP contribution in [0.1, 0.15) is 5.56 Å². The van der Waals surface area contributed by atoms with Crippen LogP contribution in [0.5, 0.6) is 0 Å². The Morgan fingerprint density at radius 1 is 1.42 bits per heavy atom. The number of nitrogens with two attached hydrogens (primary N) is 1. The maximum absolute atomic E-state index is 10.5. The molecular weight excluding hydrogens is 270 g/mol. The number of rotatable bonds is 4. The third-order valence-electron chi connectivity index (χ3n) is 1.85. The summed E-state index contributed by atoms with van der Waals surface area (Å²) in [6.45, 7) is 5.67. The van der Waals surface area contributed by atoms with E-state index in [9.17, 15) is 13.2 Å². The molecule has 6 nitrogen and oxygen atoms in total. The molecule has 1 rings (SSSR count). The highest BCUT2D eigenvalue weighted by Gasteiger charge is 2.06. The lowest BCUT2D eigenvalue weighted by Crippen LogP contribution is -2.11. The van der Waals surface area contributed by atoms with E-state index >= 15 is 0 Å². The Balaban J connectivity index is 0.000000362. The minimum Gasteiger partial charge on any atom is -0.461 e. The van der Waals surface area contributed by atoms with Crippen LogP contribution >= 0.6 is 0 Å². The van der Waals surface area contributed by atoms with E-state index < -0.39 is 16.1 Å². The van der Waals surface area contributed by atoms with E-state index in [1.54, 1.807) is 12.1 Å². The van der Waals surface area contributed by atoms with Gasteiger partial charge in [-0.2, -0.15) is 8.42 Å². The van der Waals surface area contributed by atoms with E-state index in [-0.39, 0.29) is 11.5 Å². The highest BCUT2D eigenvalue weighted by Crippen LogP contribution is 2.08. The van der Waals surface area contributed by atoms with Gasteiger partial charge in [-0.1, -0.05) is 24.3 Å². The van der Waals surface area contributed by atoms with E-state index in [4.69, 9.17) is 10.3 Å². The first-order valence-corrected chi connectivity index (χ1v) is 6.78. The highest BCUT2D eigenvalue weighted by atomic mass is 32.2. The van der Waals surface area contributed by atoms with Gasteiger partial charge in [0.2, 0.25) is 0 Å². The van der Waals surface area contributed by atoms with Crippen LogP contribution in [-0.4, -0.2) is 32.1 Å². The van der Waals surface area contributed by atoms with Gasteiger partial charge in [0, 0.05) is 12.6 Å². The zero-order valence-corrected chi connectivity index (χ0v) is 11.4. The third-order valence-corrected chi connectivity index (χ3v) is 2.72. The van der Waals surface area contributed by atoms with Crippen molar-refractivity contribution in [3.63, 3.8) is 0 Å². The Kier molecular flexibility index (Phi) is 7.66. The molecule has 0 unspecified atom stereocenters. The Hall–Kier alpha value is -1.70. The number of esters is 1. The molecule has 1 aromatic carbocycles. The third kappa shape index (κ3) is 8.09. The van der Waals surface area contributed by atoms with E-state index in [0.29, 0.717) is 6.54 Å². The van der Waals surface area contributed by atoms with Gasteiger partial charge in [0.15, 0.2) is 0 Å². The quantitative estimate of drug-likeness (QED) is 0.484. The van der Waals surface area contributed by atoms with E-state index in [1.165, 1.54) is 12.1 Å². The molecule has 106 valence electrons. The number of aryl methyl sites for hydroxylation is 1. The van der Waals surface area contributed by atoms with Crippen LogP contribution in [0.2, 0.25) is 0 Å². The van der Waals surface area contributed by atoms with Crippen molar-refractivity contribution in [2.24, 2.45) is 5.73 Å². The molecule has 0 aliphatic carbocycles. The topological polar surface area (TPSA) is 107 Å². The Morgan fingerprint density at radius 2 is 1.95 bits per heavy atom. The van der Waals surface area contributed by atoms with Crippen molar-refractivity contribution in [3.05, 3.63) is 42.5 Å². The molecule has 0 saturated carbocycles. The smallest absolute Gasteiger partial charge is 0.330 e. The van der Waals surface area contributed by atoms with Crippen LogP contribution in [0.25, 0.3) is 0 Å². The number of hydrogen-bond donors (Lipinski definition) is 2. The summed E-state index contributed by atoms with van der Waals surface area (Å²) >= 11 is 0. The maximum atomic E-state index is 10.5. The highest BCUT2D eigenvalue weighted by molar-refractivity contribution is 7.85. The molecule has 0 spiro atoms. The summed E-state index contributed by atoms with van der Waals surface area (Å²) in [7, 11) is -4.02. The molecule has 7 heteroatoms. The molecule has 0 saturated heterocycles. The molecular formula is C12H17NO5S. The van der Waals surface area contributed by atoms with Gasteiger partial charge < -0.3 is 10.5 Å². The predicted octanol–water partition coefficient (Wildman–Crippen LogP) is 0.916. The van der Waals surface area contributed by atoms with Crippen LogP contribution < -0.4 is 5.73 Å². The van der Waals surface area contributed by atoms with Gasteiger partial charge in [-0.25, -0.2) is 4.79 Å². The second kappa shape index (κ2) is 8.41. The normalized spacial score (nSPS) is 10.1. The van der Waals surface area contributed by atoms with Gasteiger partial charge in [-0.05, 0) is 19.1 Å². The van der Waals surface area contributed by atoms with Gasteiger partial charge in [-0.3, -0.25) is 4.55 Å². The largest absolute Gasteiger partial charge is 0.461 e. The summed E-state index contributed by atoms with van der Waals surface area (Å²) in [6.07, 6.45) is 1.11. The SMILES string of the molecule is C=CC(=O)OCCN.Cc1ccc(S(=O)(=O)O)cc1. The van der Waals surface area contributed by atoms with Crippen molar-refractivity contribution in [1.29, 1.82) is 0 Å². The summed E-state index contributed by atoms with van der Waals surface area (Å²) < 4.78 is 34.0. The lowest BCUT2D eigenvalue weighted by Gasteiger charge is -1.95. The van der Waals surface area contributed by atoms with Crippen LogP contribution in [-0.2, 0) is 19.6 Å². The number of ether oxygens (including phenoxy) is 1. The second-order valence-corrected chi connectivity index (χ2v) is 4.87. The first-order chi connectivity index (χ1) is 8.81. The summed E-state index contributed by atoms with van der Waals surface area (Å²) in [5.41, 5.74) is 5.98. The number of benzene rings is 1. The Bertz CT molecular complexity index is 507. The summed E-state index contributed by atoms with van der Waals surface area (Å²) in [5.74, 6) is -0.421. The van der Waals surface area contributed by atoms with Gasteiger partial charge in [0.1, 0.15) is 6.61 Å². The van der Waals surface area contributed by atoms with Gasteiger partial charge in [0.25, 0.3) is 10.1 Å². The molecule has 0 fully saturated rings. The van der Waals surface area contributed by atoms with Crippen molar-refractivity contribution in [2.45, 2.75) is 11.8 Å². The van der Waals surface area contributed by atoms with E-state index in [1.807, 2.05) is 6.92 Å². The fraction of sp³-hybridized carbons (Fsp3) is 0.250. The first kappa shape index (κ1) is 17.3. The lowest BCUT2D eigenvalue weighted by atomic mass is 10.2. The number of carbonyl (C=O) groups is 1. The molecule has 0 aromatic heterocycles. The van der Waals surface area contributed by atoms with E-state index in [0.717, 1.165) is 11.6 Å². The van der Waals surface area contributed by atoms with Crippen molar-refractivity contribution >= 4 is 16.1 Å². The summed E-state index contributed by atoms with van der Waals surface area (Å²) in [4.78, 5) is 10.1. The maximum Gasteiger partial charge on any atom is 0.330 e. The molecule has 0 atom stereocenters. The Morgan fingerprint density at radius 3 is 2.32 bits per heavy atom. The fourth-order valence-electron chi connectivity index (χ4n) is 0.929. The molecule has 0 radical (unpaired) electrons. The van der Waals surface area contributed by atoms with Gasteiger partial charge in [0.05, 0.1) is 4.90 Å². The molecule has 0 aliphatic rings. The summed E-state index contributed by atoms with van der Waals surface area (Å²) in [5, 5.41) is 0. The fourth-order valence-corrected chi connectivity index (χ4v) is 1.41. The number of carbonyl (C=O) groups excluding carboxylic acids is 1.